The third-order valence-corrected chi connectivity index (χ3v) is 3.92. The van der Waals surface area contributed by atoms with Crippen LogP contribution in [-0.2, 0) is 11.0 Å². The highest BCUT2D eigenvalue weighted by molar-refractivity contribution is 9.10. The molecule has 2 aromatic rings. The quantitative estimate of drug-likeness (QED) is 0.467. The zero-order valence-corrected chi connectivity index (χ0v) is 15.6. The SMILES string of the molecule is COc1cc(/C=N/NC(=O)CNc2cccc(C(F)(F)F)c2)cc(Br)c1O. The van der Waals surface area contributed by atoms with E-state index in [0.29, 0.717) is 10.0 Å². The van der Waals surface area contributed by atoms with E-state index in [9.17, 15) is 23.1 Å². The second-order valence-electron chi connectivity index (χ2n) is 5.28. The van der Waals surface area contributed by atoms with Gasteiger partial charge in [-0.25, -0.2) is 5.43 Å². The Hall–Kier alpha value is -2.75. The van der Waals surface area contributed by atoms with Crippen molar-refractivity contribution in [2.24, 2.45) is 5.10 Å². The van der Waals surface area contributed by atoms with Crippen molar-refractivity contribution in [2.45, 2.75) is 6.18 Å². The van der Waals surface area contributed by atoms with Crippen LogP contribution in [0.3, 0.4) is 0 Å². The van der Waals surface area contributed by atoms with Gasteiger partial charge in [-0.1, -0.05) is 6.07 Å². The molecular formula is C17H15BrF3N3O3. The maximum absolute atomic E-state index is 12.6. The molecular weight excluding hydrogens is 431 g/mol. The first kappa shape index (κ1) is 20.6. The van der Waals surface area contributed by atoms with Crippen LogP contribution < -0.4 is 15.5 Å². The van der Waals surface area contributed by atoms with Crippen LogP contribution >= 0.6 is 15.9 Å². The molecule has 6 nitrogen and oxygen atoms in total. The summed E-state index contributed by atoms with van der Waals surface area (Å²) in [6.45, 7) is -0.263. The van der Waals surface area contributed by atoms with Gasteiger partial charge >= 0.3 is 6.18 Å². The van der Waals surface area contributed by atoms with E-state index in [0.717, 1.165) is 12.1 Å². The van der Waals surface area contributed by atoms with Crippen LogP contribution in [0.25, 0.3) is 0 Å². The van der Waals surface area contributed by atoms with Crippen molar-refractivity contribution in [3.8, 4) is 11.5 Å². The molecule has 144 valence electrons. The van der Waals surface area contributed by atoms with Gasteiger partial charge in [-0.15, -0.1) is 0 Å². The van der Waals surface area contributed by atoms with Gasteiger partial charge < -0.3 is 15.2 Å². The lowest BCUT2D eigenvalue weighted by molar-refractivity contribution is -0.137. The molecule has 0 aliphatic heterocycles. The molecule has 27 heavy (non-hydrogen) atoms. The van der Waals surface area contributed by atoms with Crippen LogP contribution in [0, 0.1) is 0 Å². The van der Waals surface area contributed by atoms with Crippen molar-refractivity contribution in [3.05, 3.63) is 52.0 Å². The Bertz CT molecular complexity index is 857. The summed E-state index contributed by atoms with van der Waals surface area (Å²) in [4.78, 5) is 11.7. The Morgan fingerprint density at radius 1 is 1.33 bits per heavy atom. The number of benzene rings is 2. The van der Waals surface area contributed by atoms with Crippen molar-refractivity contribution in [1.29, 1.82) is 0 Å². The number of rotatable bonds is 6. The number of phenolic OH excluding ortho intramolecular Hbond substituents is 1. The van der Waals surface area contributed by atoms with Crippen LogP contribution in [0.1, 0.15) is 11.1 Å². The van der Waals surface area contributed by atoms with E-state index in [1.54, 1.807) is 6.07 Å². The summed E-state index contributed by atoms with van der Waals surface area (Å²) < 4.78 is 43.3. The molecule has 1 amide bonds. The molecule has 2 aromatic carbocycles. The van der Waals surface area contributed by atoms with Gasteiger partial charge in [0.05, 0.1) is 29.9 Å². The lowest BCUT2D eigenvalue weighted by Gasteiger charge is -2.10. The summed E-state index contributed by atoms with van der Waals surface area (Å²) in [5.74, 6) is -0.388. The second kappa shape index (κ2) is 8.76. The number of ether oxygens (including phenoxy) is 1. The number of carbonyl (C=O) groups is 1. The van der Waals surface area contributed by atoms with Gasteiger partial charge in [-0.05, 0) is 51.8 Å². The zero-order valence-electron chi connectivity index (χ0n) is 14.0. The second-order valence-corrected chi connectivity index (χ2v) is 6.13. The van der Waals surface area contributed by atoms with Crippen LogP contribution in [0.15, 0.2) is 46.0 Å². The average molecular weight is 446 g/mol. The molecule has 0 saturated heterocycles. The monoisotopic (exact) mass is 445 g/mol. The number of phenols is 1. The highest BCUT2D eigenvalue weighted by Crippen LogP contribution is 2.34. The minimum atomic E-state index is -4.45. The minimum Gasteiger partial charge on any atom is -0.503 e. The van der Waals surface area contributed by atoms with Gasteiger partial charge in [0.2, 0.25) is 0 Å². The summed E-state index contributed by atoms with van der Waals surface area (Å²) in [5.41, 5.74) is 2.14. The minimum absolute atomic E-state index is 0.0658. The largest absolute Gasteiger partial charge is 0.503 e. The predicted octanol–water partition coefficient (Wildman–Crippen LogP) is 3.74. The molecule has 0 unspecified atom stereocenters. The molecule has 0 aromatic heterocycles. The van der Waals surface area contributed by atoms with E-state index < -0.39 is 17.6 Å². The summed E-state index contributed by atoms with van der Waals surface area (Å²) in [7, 11) is 1.39. The fourth-order valence-electron chi connectivity index (χ4n) is 2.03. The summed E-state index contributed by atoms with van der Waals surface area (Å²) in [6.07, 6.45) is -3.13. The number of halogens is 4. The molecule has 10 heteroatoms. The molecule has 0 aliphatic rings. The molecule has 0 atom stereocenters. The van der Waals surface area contributed by atoms with E-state index >= 15 is 0 Å². The zero-order chi connectivity index (χ0) is 20.0. The van der Waals surface area contributed by atoms with Crippen LogP contribution in [0.2, 0.25) is 0 Å². The van der Waals surface area contributed by atoms with E-state index in [1.165, 1.54) is 31.5 Å². The first-order valence-corrected chi connectivity index (χ1v) is 8.29. The number of amides is 1. The lowest BCUT2D eigenvalue weighted by Crippen LogP contribution is -2.26. The van der Waals surface area contributed by atoms with Crippen molar-refractivity contribution >= 4 is 33.7 Å². The first-order chi connectivity index (χ1) is 12.7. The Kier molecular flexibility index (Phi) is 6.67. The number of nitrogens with one attached hydrogen (secondary N) is 2. The Morgan fingerprint density at radius 3 is 2.74 bits per heavy atom. The number of hydrogen-bond donors (Lipinski definition) is 3. The van der Waals surface area contributed by atoms with E-state index in [4.69, 9.17) is 4.74 Å². The maximum Gasteiger partial charge on any atom is 0.416 e. The summed E-state index contributed by atoms with van der Waals surface area (Å²) in [6, 6.07) is 7.60. The smallest absolute Gasteiger partial charge is 0.416 e. The van der Waals surface area contributed by atoms with Crippen molar-refractivity contribution < 1.29 is 27.8 Å². The lowest BCUT2D eigenvalue weighted by atomic mass is 10.2. The van der Waals surface area contributed by atoms with Crippen molar-refractivity contribution in [3.63, 3.8) is 0 Å². The number of anilines is 1. The number of hydrogen-bond acceptors (Lipinski definition) is 5. The standard InChI is InChI=1S/C17H15BrF3N3O3/c1-27-14-6-10(5-13(18)16(14)26)8-23-24-15(25)9-22-12-4-2-3-11(7-12)17(19,20)21/h2-8,22,26H,9H2,1H3,(H,24,25)/b23-8+. The number of alkyl halides is 3. The molecule has 0 radical (unpaired) electrons. The number of hydrazone groups is 1. The van der Waals surface area contributed by atoms with E-state index in [1.807, 2.05) is 0 Å². The number of methoxy groups -OCH3 is 1. The van der Waals surface area contributed by atoms with Gasteiger partial charge in [0.25, 0.3) is 5.91 Å². The fraction of sp³-hybridized carbons (Fsp3) is 0.176. The third-order valence-electron chi connectivity index (χ3n) is 3.32. The highest BCUT2D eigenvalue weighted by Gasteiger charge is 2.30. The van der Waals surface area contributed by atoms with Crippen LogP contribution in [0.4, 0.5) is 18.9 Å². The van der Waals surface area contributed by atoms with Gasteiger partial charge in [-0.2, -0.15) is 18.3 Å². The normalized spacial score (nSPS) is 11.4. The highest BCUT2D eigenvalue weighted by atomic mass is 79.9. The first-order valence-electron chi connectivity index (χ1n) is 7.50. The predicted molar refractivity (Wildman–Crippen MR) is 98.0 cm³/mol. The Morgan fingerprint density at radius 2 is 2.07 bits per heavy atom. The number of carbonyl (C=O) groups excluding carboxylic acids is 1. The molecule has 3 N–H and O–H groups in total. The van der Waals surface area contributed by atoms with Gasteiger partial charge in [0.1, 0.15) is 0 Å². The fourth-order valence-corrected chi connectivity index (χ4v) is 2.49. The molecule has 0 aliphatic carbocycles. The molecule has 0 heterocycles. The van der Waals surface area contributed by atoms with Gasteiger partial charge in [-0.3, -0.25) is 4.79 Å². The topological polar surface area (TPSA) is 83.0 Å². The number of nitrogens with zero attached hydrogens (tertiary/aromatic N) is 1. The van der Waals surface area contributed by atoms with Gasteiger partial charge in [0.15, 0.2) is 11.5 Å². The Balaban J connectivity index is 1.92. The molecule has 0 saturated carbocycles. The Labute approximate surface area is 161 Å². The van der Waals surface area contributed by atoms with Crippen LogP contribution in [-0.4, -0.2) is 30.9 Å². The van der Waals surface area contributed by atoms with E-state index in [2.05, 4.69) is 31.8 Å². The third kappa shape index (κ3) is 5.88. The van der Waals surface area contributed by atoms with Gasteiger partial charge in [0, 0.05) is 5.69 Å². The molecule has 0 fully saturated rings. The molecule has 0 bridgehead atoms. The maximum atomic E-state index is 12.6. The van der Waals surface area contributed by atoms with Crippen LogP contribution in [0.5, 0.6) is 11.5 Å². The van der Waals surface area contributed by atoms with Crippen molar-refractivity contribution in [1.82, 2.24) is 5.43 Å². The number of aromatic hydroxyl groups is 1. The average Bonchev–Trinajstić information content (AvgIpc) is 2.62. The summed E-state index contributed by atoms with van der Waals surface area (Å²) >= 11 is 3.16. The van der Waals surface area contributed by atoms with Crippen molar-refractivity contribution in [2.75, 3.05) is 19.0 Å². The summed E-state index contributed by atoms with van der Waals surface area (Å²) in [5, 5.41) is 16.1. The van der Waals surface area contributed by atoms with E-state index in [-0.39, 0.29) is 23.7 Å². The molecule has 0 spiro atoms. The molecule has 2 rings (SSSR count).